The van der Waals surface area contributed by atoms with E-state index in [0.717, 1.165) is 42.6 Å². The molecule has 0 aromatic heterocycles. The lowest BCUT2D eigenvalue weighted by atomic mass is 9.94. The van der Waals surface area contributed by atoms with Gasteiger partial charge in [-0.15, -0.1) is 0 Å². The number of likely N-dealkylation sites (tertiary alicyclic amines) is 1. The molecule has 42 heavy (non-hydrogen) atoms. The van der Waals surface area contributed by atoms with E-state index < -0.39 is 0 Å². The van der Waals surface area contributed by atoms with Crippen molar-refractivity contribution < 1.29 is 14.6 Å². The van der Waals surface area contributed by atoms with Crippen LogP contribution in [0, 0.1) is 11.8 Å². The van der Waals surface area contributed by atoms with Crippen LogP contribution in [0.5, 0.6) is 11.5 Å². The summed E-state index contributed by atoms with van der Waals surface area (Å²) >= 11 is 0. The molecule has 1 saturated carbocycles. The summed E-state index contributed by atoms with van der Waals surface area (Å²) in [5.74, 6) is 3.47. The Hall–Kier alpha value is -3.60. The molecule has 6 rings (SSSR count). The Morgan fingerprint density at radius 3 is 2.14 bits per heavy atom. The van der Waals surface area contributed by atoms with Gasteiger partial charge < -0.3 is 19.5 Å². The number of aliphatic hydroxyl groups excluding tert-OH is 1. The van der Waals surface area contributed by atoms with E-state index in [0.29, 0.717) is 12.5 Å². The lowest BCUT2D eigenvalue weighted by Crippen LogP contribution is -2.34. The summed E-state index contributed by atoms with van der Waals surface area (Å²) in [4.78, 5) is 2.57. The quantitative estimate of drug-likeness (QED) is 0.178. The zero-order valence-corrected chi connectivity index (χ0v) is 24.7. The monoisotopic (exact) mass is 561 g/mol. The Balaban J connectivity index is 1.07. The molecule has 1 aliphatic carbocycles. The fraction of sp³-hybridized carbons (Fsp3) is 0.368. The number of hydrogen-bond donors (Lipinski definition) is 1. The fourth-order valence-electron chi connectivity index (χ4n) is 6.55. The van der Waals surface area contributed by atoms with E-state index in [9.17, 15) is 5.11 Å². The smallest absolute Gasteiger partial charge is 0.119 e. The fourth-order valence-corrected chi connectivity index (χ4v) is 6.55. The van der Waals surface area contributed by atoms with E-state index in [1.165, 1.54) is 48.2 Å². The van der Waals surface area contributed by atoms with Crippen molar-refractivity contribution in [3.63, 3.8) is 0 Å². The van der Waals surface area contributed by atoms with Crippen molar-refractivity contribution in [2.45, 2.75) is 44.6 Å². The molecule has 0 amide bonds. The van der Waals surface area contributed by atoms with Crippen molar-refractivity contribution >= 4 is 0 Å². The van der Waals surface area contributed by atoms with Gasteiger partial charge in [-0.25, -0.2) is 0 Å². The van der Waals surface area contributed by atoms with Crippen LogP contribution in [0.3, 0.4) is 0 Å². The zero-order chi connectivity index (χ0) is 28.7. The highest BCUT2D eigenvalue weighted by Crippen LogP contribution is 2.61. The van der Waals surface area contributed by atoms with Crippen molar-refractivity contribution in [3.05, 3.63) is 120 Å². The molecule has 2 aliphatic rings. The van der Waals surface area contributed by atoms with Gasteiger partial charge in [0.15, 0.2) is 0 Å². The average Bonchev–Trinajstić information content (AvgIpc) is 3.78. The third-order valence-electron chi connectivity index (χ3n) is 9.14. The normalized spacial score (nSPS) is 20.8. The highest BCUT2D eigenvalue weighted by Gasteiger charge is 2.51. The summed E-state index contributed by atoms with van der Waals surface area (Å²) in [7, 11) is 0. The maximum Gasteiger partial charge on any atom is 0.119 e. The molecule has 1 aliphatic heterocycles. The molecule has 3 unspecified atom stereocenters. The molecule has 2 fully saturated rings. The summed E-state index contributed by atoms with van der Waals surface area (Å²) in [6, 6.07) is 35.8. The maximum atomic E-state index is 10.3. The van der Waals surface area contributed by atoms with Crippen LogP contribution in [0.15, 0.2) is 103 Å². The number of piperidine rings is 1. The molecule has 4 aromatic rings. The standard InChI is InChI=1S/C38H43NO3/c1-28-20-23-39(24-21-28)22-7-25-41-32-16-12-30(13-17-32)34-10-5-6-11-35(34)38-36(26-40)37(38)31-14-18-33(19-15-31)42-27-29-8-3-2-4-9-29/h2-6,8-19,28,36-38,40H,7,20-27H2,1H3. The van der Waals surface area contributed by atoms with Crippen molar-refractivity contribution in [1.29, 1.82) is 0 Å². The minimum absolute atomic E-state index is 0.180. The first kappa shape index (κ1) is 28.5. The van der Waals surface area contributed by atoms with E-state index in [4.69, 9.17) is 9.47 Å². The molecule has 1 N–H and O–H groups in total. The van der Waals surface area contributed by atoms with Crippen molar-refractivity contribution in [1.82, 2.24) is 4.90 Å². The molecule has 4 nitrogen and oxygen atoms in total. The van der Waals surface area contributed by atoms with Gasteiger partial charge in [0.25, 0.3) is 0 Å². The van der Waals surface area contributed by atoms with E-state index in [2.05, 4.69) is 96.8 Å². The molecule has 3 atom stereocenters. The first-order chi connectivity index (χ1) is 20.7. The highest BCUT2D eigenvalue weighted by molar-refractivity contribution is 5.70. The van der Waals surface area contributed by atoms with Gasteiger partial charge in [0.05, 0.1) is 6.61 Å². The number of rotatable bonds is 12. The summed E-state index contributed by atoms with van der Waals surface area (Å²) < 4.78 is 12.1. The lowest BCUT2D eigenvalue weighted by Gasteiger charge is -2.30. The van der Waals surface area contributed by atoms with Crippen LogP contribution in [0.25, 0.3) is 11.1 Å². The number of ether oxygens (including phenoxy) is 2. The minimum atomic E-state index is 0.180. The minimum Gasteiger partial charge on any atom is -0.494 e. The average molecular weight is 562 g/mol. The lowest BCUT2D eigenvalue weighted by molar-refractivity contribution is 0.177. The van der Waals surface area contributed by atoms with E-state index in [1.54, 1.807) is 0 Å². The van der Waals surface area contributed by atoms with E-state index >= 15 is 0 Å². The largest absolute Gasteiger partial charge is 0.494 e. The Morgan fingerprint density at radius 1 is 0.738 bits per heavy atom. The number of aliphatic hydroxyl groups is 1. The van der Waals surface area contributed by atoms with Gasteiger partial charge in [0.1, 0.15) is 18.1 Å². The predicted molar refractivity (Wildman–Crippen MR) is 170 cm³/mol. The van der Waals surface area contributed by atoms with E-state index in [1.807, 2.05) is 18.2 Å². The number of benzene rings is 4. The molecule has 4 heteroatoms. The van der Waals surface area contributed by atoms with Gasteiger partial charge in [0.2, 0.25) is 0 Å². The molecular formula is C38H43NO3. The summed E-state index contributed by atoms with van der Waals surface area (Å²) in [6.45, 7) is 7.42. The summed E-state index contributed by atoms with van der Waals surface area (Å²) in [5, 5.41) is 10.3. The Labute approximate surface area is 250 Å². The molecule has 1 heterocycles. The number of hydrogen-bond acceptors (Lipinski definition) is 4. The van der Waals surface area contributed by atoms with Crippen LogP contribution in [0.4, 0.5) is 0 Å². The van der Waals surface area contributed by atoms with Gasteiger partial charge in [-0.1, -0.05) is 85.8 Å². The molecule has 0 bridgehead atoms. The first-order valence-electron chi connectivity index (χ1n) is 15.6. The van der Waals surface area contributed by atoms with Crippen molar-refractivity contribution in [2.24, 2.45) is 11.8 Å². The second kappa shape index (κ2) is 13.6. The second-order valence-electron chi connectivity index (χ2n) is 12.1. The van der Waals surface area contributed by atoms with Crippen LogP contribution in [-0.4, -0.2) is 42.9 Å². The molecule has 0 spiro atoms. The molecule has 0 radical (unpaired) electrons. The Morgan fingerprint density at radius 2 is 1.40 bits per heavy atom. The molecular weight excluding hydrogens is 518 g/mol. The van der Waals surface area contributed by atoms with Crippen LogP contribution in [0.2, 0.25) is 0 Å². The van der Waals surface area contributed by atoms with Crippen molar-refractivity contribution in [2.75, 3.05) is 32.8 Å². The highest BCUT2D eigenvalue weighted by atomic mass is 16.5. The Bertz CT molecular complexity index is 1390. The number of nitrogens with zero attached hydrogens (tertiary/aromatic N) is 1. The zero-order valence-electron chi connectivity index (χ0n) is 24.7. The van der Waals surface area contributed by atoms with Gasteiger partial charge in [-0.3, -0.25) is 0 Å². The summed E-state index contributed by atoms with van der Waals surface area (Å²) in [6.07, 6.45) is 3.70. The predicted octanol–water partition coefficient (Wildman–Crippen LogP) is 7.92. The molecule has 1 saturated heterocycles. The maximum absolute atomic E-state index is 10.3. The van der Waals surface area contributed by atoms with Gasteiger partial charge in [-0.05, 0) is 108 Å². The van der Waals surface area contributed by atoms with Crippen LogP contribution < -0.4 is 9.47 Å². The molecule has 4 aromatic carbocycles. The van der Waals surface area contributed by atoms with Crippen LogP contribution >= 0.6 is 0 Å². The van der Waals surface area contributed by atoms with Gasteiger partial charge >= 0.3 is 0 Å². The first-order valence-corrected chi connectivity index (χ1v) is 15.6. The second-order valence-corrected chi connectivity index (χ2v) is 12.1. The van der Waals surface area contributed by atoms with Gasteiger partial charge in [0, 0.05) is 13.2 Å². The van der Waals surface area contributed by atoms with E-state index in [-0.39, 0.29) is 18.4 Å². The van der Waals surface area contributed by atoms with Gasteiger partial charge in [-0.2, -0.15) is 0 Å². The summed E-state index contributed by atoms with van der Waals surface area (Å²) in [5.41, 5.74) is 6.13. The SMILES string of the molecule is CC1CCN(CCCOc2ccc(-c3ccccc3C3C(CO)C3c3ccc(OCc4ccccc4)cc3)cc2)CC1. The third kappa shape index (κ3) is 6.88. The third-order valence-corrected chi connectivity index (χ3v) is 9.14. The Kier molecular flexibility index (Phi) is 9.22. The molecule has 218 valence electrons. The van der Waals surface area contributed by atoms with Crippen LogP contribution in [-0.2, 0) is 6.61 Å². The van der Waals surface area contributed by atoms with Crippen molar-refractivity contribution in [3.8, 4) is 22.6 Å². The topological polar surface area (TPSA) is 41.9 Å². The van der Waals surface area contributed by atoms with Crippen LogP contribution in [0.1, 0.15) is 54.7 Å².